The topological polar surface area (TPSA) is 17.1 Å². The number of carbonyl (C=O) groups is 1. The molecule has 0 aromatic heterocycles. The lowest BCUT2D eigenvalue weighted by Crippen LogP contribution is -2.05. The lowest BCUT2D eigenvalue weighted by molar-refractivity contribution is -0.137. The van der Waals surface area contributed by atoms with Crippen LogP contribution in [0.5, 0.6) is 0 Å². The molecule has 88 valence electrons. The van der Waals surface area contributed by atoms with Crippen molar-refractivity contribution in [2.24, 2.45) is 0 Å². The Labute approximate surface area is 92.3 Å². The van der Waals surface area contributed by atoms with E-state index in [1.165, 1.54) is 12.1 Å². The first-order valence-corrected chi connectivity index (χ1v) is 5.11. The molecule has 0 atom stereocenters. The Kier molecular flexibility index (Phi) is 4.10. The second kappa shape index (κ2) is 5.14. The Bertz CT molecular complexity index is 352. The van der Waals surface area contributed by atoms with E-state index in [0.717, 1.165) is 17.7 Å². The third-order valence-corrected chi connectivity index (χ3v) is 2.37. The first-order chi connectivity index (χ1) is 7.43. The summed E-state index contributed by atoms with van der Waals surface area (Å²) in [5.41, 5.74) is 0.105. The summed E-state index contributed by atoms with van der Waals surface area (Å²) >= 11 is 0. The number of halogens is 3. The van der Waals surface area contributed by atoms with E-state index in [-0.39, 0.29) is 5.78 Å². The van der Waals surface area contributed by atoms with E-state index >= 15 is 0 Å². The average Bonchev–Trinajstić information content (AvgIpc) is 2.25. The van der Waals surface area contributed by atoms with E-state index in [2.05, 4.69) is 0 Å². The number of Topliss-reactive ketones (excluding diaryl/α,β-unsaturated/α-hetero) is 1. The van der Waals surface area contributed by atoms with Crippen LogP contribution in [0.2, 0.25) is 0 Å². The maximum Gasteiger partial charge on any atom is 0.416 e. The van der Waals surface area contributed by atoms with Gasteiger partial charge in [-0.25, -0.2) is 0 Å². The van der Waals surface area contributed by atoms with Crippen LogP contribution in [-0.4, -0.2) is 5.78 Å². The molecule has 1 aromatic rings. The van der Waals surface area contributed by atoms with Gasteiger partial charge in [0.15, 0.2) is 0 Å². The van der Waals surface area contributed by atoms with Crippen LogP contribution in [-0.2, 0) is 17.4 Å². The minimum Gasteiger partial charge on any atom is -0.300 e. The van der Waals surface area contributed by atoms with Crippen LogP contribution in [0.25, 0.3) is 0 Å². The summed E-state index contributed by atoms with van der Waals surface area (Å²) in [6.45, 7) is 1.77. The highest BCUT2D eigenvalue weighted by molar-refractivity contribution is 5.78. The molecule has 0 saturated carbocycles. The molecule has 1 nitrogen and oxygen atoms in total. The maximum absolute atomic E-state index is 12.2. The summed E-state index contributed by atoms with van der Waals surface area (Å²) in [5, 5.41) is 0. The highest BCUT2D eigenvalue weighted by Gasteiger charge is 2.29. The molecule has 0 heterocycles. The maximum atomic E-state index is 12.2. The van der Waals surface area contributed by atoms with Gasteiger partial charge in [0.1, 0.15) is 5.78 Å². The number of rotatable bonds is 4. The van der Waals surface area contributed by atoms with Crippen LogP contribution in [0.4, 0.5) is 13.2 Å². The number of aryl methyl sites for hydroxylation is 1. The molecule has 0 aliphatic rings. The predicted molar refractivity (Wildman–Crippen MR) is 55.1 cm³/mol. The minimum absolute atomic E-state index is 0.125. The summed E-state index contributed by atoms with van der Waals surface area (Å²) < 4.78 is 36.7. The largest absolute Gasteiger partial charge is 0.416 e. The van der Waals surface area contributed by atoms with Gasteiger partial charge in [0.25, 0.3) is 0 Å². The molecule has 0 aliphatic carbocycles. The number of carbonyl (C=O) groups excluding carboxylic acids is 1. The lowest BCUT2D eigenvalue weighted by Gasteiger charge is -2.07. The van der Waals surface area contributed by atoms with Crippen molar-refractivity contribution < 1.29 is 18.0 Å². The van der Waals surface area contributed by atoms with Crippen LogP contribution >= 0.6 is 0 Å². The van der Waals surface area contributed by atoms with Gasteiger partial charge in [-0.2, -0.15) is 13.2 Å². The van der Waals surface area contributed by atoms with Gasteiger partial charge in [0.2, 0.25) is 0 Å². The quantitative estimate of drug-likeness (QED) is 0.772. The highest BCUT2D eigenvalue weighted by Crippen LogP contribution is 2.29. The van der Waals surface area contributed by atoms with Crippen molar-refractivity contribution in [1.82, 2.24) is 0 Å². The lowest BCUT2D eigenvalue weighted by atomic mass is 10.0. The molecule has 0 saturated heterocycles. The second-order valence-electron chi connectivity index (χ2n) is 3.59. The van der Waals surface area contributed by atoms with E-state index in [1.807, 2.05) is 0 Å². The van der Waals surface area contributed by atoms with Gasteiger partial charge < -0.3 is 0 Å². The Morgan fingerprint density at radius 3 is 2.19 bits per heavy atom. The fourth-order valence-electron chi connectivity index (χ4n) is 1.32. The van der Waals surface area contributed by atoms with Gasteiger partial charge >= 0.3 is 6.18 Å². The highest BCUT2D eigenvalue weighted by atomic mass is 19.4. The molecule has 4 heteroatoms. The molecule has 0 aliphatic heterocycles. The molecule has 0 fully saturated rings. The van der Waals surface area contributed by atoms with Crippen LogP contribution in [0.1, 0.15) is 30.9 Å². The van der Waals surface area contributed by atoms with E-state index in [9.17, 15) is 18.0 Å². The summed E-state index contributed by atoms with van der Waals surface area (Å²) in [7, 11) is 0. The van der Waals surface area contributed by atoms with Crippen molar-refractivity contribution in [3.05, 3.63) is 35.4 Å². The Hall–Kier alpha value is -1.32. The van der Waals surface area contributed by atoms with Gasteiger partial charge in [0, 0.05) is 12.8 Å². The first kappa shape index (κ1) is 12.7. The Morgan fingerprint density at radius 1 is 1.19 bits per heavy atom. The van der Waals surface area contributed by atoms with E-state index in [0.29, 0.717) is 19.3 Å². The van der Waals surface area contributed by atoms with E-state index in [1.54, 1.807) is 6.92 Å². The third kappa shape index (κ3) is 3.68. The van der Waals surface area contributed by atoms with Crippen molar-refractivity contribution >= 4 is 5.78 Å². The normalized spacial score (nSPS) is 11.5. The predicted octanol–water partition coefficient (Wildman–Crippen LogP) is 3.62. The zero-order valence-corrected chi connectivity index (χ0v) is 8.97. The standard InChI is InChI=1S/C12H13F3O/c1-2-11(16)8-5-9-3-6-10(7-4-9)12(13,14)15/h3-4,6-7H,2,5,8H2,1H3. The molecule has 0 bridgehead atoms. The summed E-state index contributed by atoms with van der Waals surface area (Å²) in [4.78, 5) is 11.0. The Balaban J connectivity index is 2.62. The zero-order valence-electron chi connectivity index (χ0n) is 8.97. The number of hydrogen-bond donors (Lipinski definition) is 0. The van der Waals surface area contributed by atoms with Crippen molar-refractivity contribution in [3.63, 3.8) is 0 Å². The number of ketones is 1. The molecule has 0 N–H and O–H groups in total. The van der Waals surface area contributed by atoms with Gasteiger partial charge in [0.05, 0.1) is 5.56 Å². The molecule has 16 heavy (non-hydrogen) atoms. The van der Waals surface area contributed by atoms with Gasteiger partial charge in [-0.05, 0) is 24.1 Å². The molecular weight excluding hydrogens is 217 g/mol. The second-order valence-corrected chi connectivity index (χ2v) is 3.59. The van der Waals surface area contributed by atoms with Gasteiger partial charge in [-0.1, -0.05) is 19.1 Å². The van der Waals surface area contributed by atoms with Gasteiger partial charge in [-0.3, -0.25) is 4.79 Å². The van der Waals surface area contributed by atoms with Crippen molar-refractivity contribution in [3.8, 4) is 0 Å². The summed E-state index contributed by atoms with van der Waals surface area (Å²) in [6, 6.07) is 4.94. The zero-order chi connectivity index (χ0) is 12.2. The fourth-order valence-corrected chi connectivity index (χ4v) is 1.32. The van der Waals surface area contributed by atoms with Crippen molar-refractivity contribution in [2.45, 2.75) is 32.4 Å². The SMILES string of the molecule is CCC(=O)CCc1ccc(C(F)(F)F)cc1. The Morgan fingerprint density at radius 2 is 1.75 bits per heavy atom. The first-order valence-electron chi connectivity index (χ1n) is 5.11. The molecule has 0 amide bonds. The number of benzene rings is 1. The van der Waals surface area contributed by atoms with E-state index in [4.69, 9.17) is 0 Å². The molecule has 1 aromatic carbocycles. The summed E-state index contributed by atoms with van der Waals surface area (Å²) in [5.74, 6) is 0.125. The van der Waals surface area contributed by atoms with Crippen molar-refractivity contribution in [1.29, 1.82) is 0 Å². The van der Waals surface area contributed by atoms with Crippen LogP contribution in [0.15, 0.2) is 24.3 Å². The fraction of sp³-hybridized carbons (Fsp3) is 0.417. The van der Waals surface area contributed by atoms with Crippen molar-refractivity contribution in [2.75, 3.05) is 0 Å². The van der Waals surface area contributed by atoms with Crippen LogP contribution in [0, 0.1) is 0 Å². The number of alkyl halides is 3. The molecule has 0 unspecified atom stereocenters. The van der Waals surface area contributed by atoms with Crippen LogP contribution < -0.4 is 0 Å². The number of hydrogen-bond acceptors (Lipinski definition) is 1. The van der Waals surface area contributed by atoms with Crippen LogP contribution in [0.3, 0.4) is 0 Å². The average molecular weight is 230 g/mol. The molecule has 1 rings (SSSR count). The molecule has 0 spiro atoms. The van der Waals surface area contributed by atoms with E-state index < -0.39 is 11.7 Å². The monoisotopic (exact) mass is 230 g/mol. The minimum atomic E-state index is -4.29. The summed E-state index contributed by atoms with van der Waals surface area (Å²) in [6.07, 6.45) is -2.93. The smallest absolute Gasteiger partial charge is 0.300 e. The van der Waals surface area contributed by atoms with Gasteiger partial charge in [-0.15, -0.1) is 0 Å². The third-order valence-electron chi connectivity index (χ3n) is 2.37. The molecular formula is C12H13F3O. The molecule has 0 radical (unpaired) electrons.